The van der Waals surface area contributed by atoms with Gasteiger partial charge in [0.1, 0.15) is 16.9 Å². The fraction of sp³-hybridized carbons (Fsp3) is 0.333. The molecule has 7 heteroatoms. The van der Waals surface area contributed by atoms with Crippen LogP contribution in [0.3, 0.4) is 0 Å². The molecule has 2 heterocycles. The van der Waals surface area contributed by atoms with Crippen LogP contribution < -0.4 is 17.2 Å². The highest BCUT2D eigenvalue weighted by atomic mass is 15.1. The fourth-order valence-electron chi connectivity index (χ4n) is 1.46. The Morgan fingerprint density at radius 3 is 2.19 bits per heavy atom. The van der Waals surface area contributed by atoms with Gasteiger partial charge in [-0.3, -0.25) is 0 Å². The Balaban J connectivity index is 2.71. The van der Waals surface area contributed by atoms with E-state index in [9.17, 15) is 0 Å². The van der Waals surface area contributed by atoms with Gasteiger partial charge in [-0.05, 0) is 6.42 Å². The zero-order valence-corrected chi connectivity index (χ0v) is 8.94. The molecule has 0 aromatic carbocycles. The van der Waals surface area contributed by atoms with Crippen molar-refractivity contribution in [1.29, 1.82) is 0 Å². The second-order valence-electron chi connectivity index (χ2n) is 3.44. The van der Waals surface area contributed by atoms with Crippen LogP contribution in [0.1, 0.15) is 19.2 Å². The SMILES string of the molecule is CCCc1nc(N)c2nc(N)nc(N)c2n1. The van der Waals surface area contributed by atoms with Crippen LogP contribution in [0.15, 0.2) is 0 Å². The van der Waals surface area contributed by atoms with Crippen molar-refractivity contribution in [2.45, 2.75) is 19.8 Å². The van der Waals surface area contributed by atoms with Gasteiger partial charge in [0, 0.05) is 6.42 Å². The minimum Gasteiger partial charge on any atom is -0.382 e. The first kappa shape index (κ1) is 10.3. The molecule has 84 valence electrons. The van der Waals surface area contributed by atoms with Gasteiger partial charge in [-0.2, -0.15) is 4.98 Å². The second-order valence-corrected chi connectivity index (χ2v) is 3.44. The van der Waals surface area contributed by atoms with Crippen LogP contribution in [0.25, 0.3) is 11.0 Å². The Bertz CT molecular complexity index is 537. The van der Waals surface area contributed by atoms with Gasteiger partial charge in [0.05, 0.1) is 0 Å². The smallest absolute Gasteiger partial charge is 0.222 e. The van der Waals surface area contributed by atoms with Gasteiger partial charge < -0.3 is 17.2 Å². The molecule has 0 amide bonds. The first-order chi connectivity index (χ1) is 7.61. The molecule has 0 spiro atoms. The van der Waals surface area contributed by atoms with Crippen LogP contribution in [0.2, 0.25) is 0 Å². The lowest BCUT2D eigenvalue weighted by atomic mass is 10.3. The van der Waals surface area contributed by atoms with E-state index in [4.69, 9.17) is 17.2 Å². The van der Waals surface area contributed by atoms with Gasteiger partial charge in [0.25, 0.3) is 0 Å². The number of nitrogen functional groups attached to an aromatic ring is 3. The van der Waals surface area contributed by atoms with E-state index >= 15 is 0 Å². The normalized spacial score (nSPS) is 10.8. The molecule has 0 saturated carbocycles. The molecular weight excluding hydrogens is 206 g/mol. The number of aromatic nitrogens is 4. The van der Waals surface area contributed by atoms with Crippen molar-refractivity contribution in [3.8, 4) is 0 Å². The van der Waals surface area contributed by atoms with Crippen molar-refractivity contribution in [2.75, 3.05) is 17.2 Å². The van der Waals surface area contributed by atoms with Crippen molar-refractivity contribution in [3.05, 3.63) is 5.82 Å². The number of aryl methyl sites for hydroxylation is 1. The highest BCUT2D eigenvalue weighted by Crippen LogP contribution is 2.20. The van der Waals surface area contributed by atoms with Crippen molar-refractivity contribution in [2.24, 2.45) is 0 Å². The summed E-state index contributed by atoms with van der Waals surface area (Å²) >= 11 is 0. The van der Waals surface area contributed by atoms with E-state index in [2.05, 4.69) is 19.9 Å². The summed E-state index contributed by atoms with van der Waals surface area (Å²) in [5, 5.41) is 0. The van der Waals surface area contributed by atoms with Crippen molar-refractivity contribution < 1.29 is 0 Å². The molecule has 2 aromatic rings. The quantitative estimate of drug-likeness (QED) is 0.653. The zero-order chi connectivity index (χ0) is 11.7. The maximum atomic E-state index is 5.77. The molecule has 16 heavy (non-hydrogen) atoms. The van der Waals surface area contributed by atoms with Crippen LogP contribution in [-0.2, 0) is 6.42 Å². The lowest BCUT2D eigenvalue weighted by Crippen LogP contribution is -2.07. The van der Waals surface area contributed by atoms with Gasteiger partial charge in [-0.1, -0.05) is 6.92 Å². The third-order valence-electron chi connectivity index (χ3n) is 2.13. The van der Waals surface area contributed by atoms with E-state index in [1.165, 1.54) is 0 Å². The van der Waals surface area contributed by atoms with Crippen LogP contribution in [0.4, 0.5) is 17.6 Å². The Morgan fingerprint density at radius 2 is 1.50 bits per heavy atom. The Hall–Kier alpha value is -2.18. The number of nitrogens with two attached hydrogens (primary N) is 3. The summed E-state index contributed by atoms with van der Waals surface area (Å²) in [5.74, 6) is 1.24. The van der Waals surface area contributed by atoms with Crippen LogP contribution in [0.5, 0.6) is 0 Å². The molecule has 0 aliphatic carbocycles. The standard InChI is InChI=1S/C9H13N7/c1-2-3-4-13-5-6(7(10)14-4)15-9(12)16-8(5)11/h2-3H2,1H3,(H2,10,13,14)(H4,11,12,15,16). The fourth-order valence-corrected chi connectivity index (χ4v) is 1.46. The third kappa shape index (κ3) is 1.67. The molecule has 0 radical (unpaired) electrons. The monoisotopic (exact) mass is 219 g/mol. The summed E-state index contributed by atoms with van der Waals surface area (Å²) in [7, 11) is 0. The number of hydrogen-bond donors (Lipinski definition) is 3. The molecule has 2 aromatic heterocycles. The summed E-state index contributed by atoms with van der Waals surface area (Å²) in [6, 6.07) is 0. The predicted molar refractivity (Wildman–Crippen MR) is 62.4 cm³/mol. The van der Waals surface area contributed by atoms with Crippen molar-refractivity contribution in [3.63, 3.8) is 0 Å². The molecule has 0 fully saturated rings. The van der Waals surface area contributed by atoms with E-state index in [-0.39, 0.29) is 17.6 Å². The number of hydrogen-bond acceptors (Lipinski definition) is 7. The van der Waals surface area contributed by atoms with E-state index in [0.717, 1.165) is 12.8 Å². The first-order valence-corrected chi connectivity index (χ1v) is 4.97. The Kier molecular flexibility index (Phi) is 2.43. The zero-order valence-electron chi connectivity index (χ0n) is 8.94. The highest BCUT2D eigenvalue weighted by molar-refractivity contribution is 5.91. The topological polar surface area (TPSA) is 130 Å². The van der Waals surface area contributed by atoms with Crippen molar-refractivity contribution in [1.82, 2.24) is 19.9 Å². The van der Waals surface area contributed by atoms with Gasteiger partial charge in [-0.15, -0.1) is 0 Å². The number of anilines is 3. The van der Waals surface area contributed by atoms with Crippen molar-refractivity contribution >= 4 is 28.6 Å². The molecular formula is C9H13N7. The van der Waals surface area contributed by atoms with Crippen LogP contribution in [-0.4, -0.2) is 19.9 Å². The first-order valence-electron chi connectivity index (χ1n) is 4.97. The Labute approximate surface area is 92.1 Å². The summed E-state index contributed by atoms with van der Waals surface area (Å²) in [6.45, 7) is 2.03. The molecule has 0 aliphatic heterocycles. The van der Waals surface area contributed by atoms with Gasteiger partial charge in [-0.25, -0.2) is 15.0 Å². The maximum Gasteiger partial charge on any atom is 0.222 e. The number of nitrogens with zero attached hydrogens (tertiary/aromatic N) is 4. The van der Waals surface area contributed by atoms with Gasteiger partial charge in [0.15, 0.2) is 11.6 Å². The van der Waals surface area contributed by atoms with E-state index in [1.807, 2.05) is 6.92 Å². The van der Waals surface area contributed by atoms with Gasteiger partial charge >= 0.3 is 0 Å². The summed E-state index contributed by atoms with van der Waals surface area (Å²) in [4.78, 5) is 16.2. The number of rotatable bonds is 2. The number of fused-ring (bicyclic) bond motifs is 1. The van der Waals surface area contributed by atoms with E-state index in [0.29, 0.717) is 16.9 Å². The predicted octanol–water partition coefficient (Wildman–Crippen LogP) is 0.119. The minimum atomic E-state index is 0.0727. The molecule has 0 unspecified atom stereocenters. The average molecular weight is 219 g/mol. The lowest BCUT2D eigenvalue weighted by Gasteiger charge is -2.06. The van der Waals surface area contributed by atoms with Crippen LogP contribution in [0, 0.1) is 0 Å². The average Bonchev–Trinajstić information content (AvgIpc) is 2.20. The second kappa shape index (κ2) is 3.76. The summed E-state index contributed by atoms with van der Waals surface area (Å²) in [6.07, 6.45) is 1.67. The largest absolute Gasteiger partial charge is 0.382 e. The van der Waals surface area contributed by atoms with E-state index < -0.39 is 0 Å². The lowest BCUT2D eigenvalue weighted by molar-refractivity contribution is 0.845. The minimum absolute atomic E-state index is 0.0727. The molecule has 0 bridgehead atoms. The Morgan fingerprint density at radius 1 is 0.875 bits per heavy atom. The highest BCUT2D eigenvalue weighted by Gasteiger charge is 2.10. The van der Waals surface area contributed by atoms with Gasteiger partial charge in [0.2, 0.25) is 5.95 Å². The van der Waals surface area contributed by atoms with Crippen LogP contribution >= 0.6 is 0 Å². The third-order valence-corrected chi connectivity index (χ3v) is 2.13. The molecule has 0 aliphatic rings. The maximum absolute atomic E-state index is 5.77. The summed E-state index contributed by atoms with van der Waals surface area (Å²) < 4.78 is 0. The van der Waals surface area contributed by atoms with E-state index in [1.54, 1.807) is 0 Å². The molecule has 7 nitrogen and oxygen atoms in total. The summed E-state index contributed by atoms with van der Waals surface area (Å²) in [5.41, 5.74) is 17.8. The molecule has 2 rings (SSSR count). The molecule has 6 N–H and O–H groups in total. The molecule has 0 atom stereocenters. The molecule has 0 saturated heterocycles.